The fourth-order valence-electron chi connectivity index (χ4n) is 1.22. The maximum atomic E-state index is 11.9. The van der Waals surface area contributed by atoms with E-state index in [2.05, 4.69) is 15.9 Å². The van der Waals surface area contributed by atoms with E-state index in [0.29, 0.717) is 18.4 Å². The van der Waals surface area contributed by atoms with Gasteiger partial charge in [-0.1, -0.05) is 29.3 Å². The van der Waals surface area contributed by atoms with Gasteiger partial charge in [0, 0.05) is 24.8 Å². The lowest BCUT2D eigenvalue weighted by atomic mass is 10.2. The Balaban J connectivity index is 4.05. The van der Waals surface area contributed by atoms with Crippen LogP contribution in [-0.4, -0.2) is 35.4 Å². The minimum atomic E-state index is -4.25. The van der Waals surface area contributed by atoms with Crippen LogP contribution in [0.1, 0.15) is 32.6 Å². The maximum Gasteiger partial charge on any atom is 0.389 e. The van der Waals surface area contributed by atoms with Crippen LogP contribution < -0.4 is 0 Å². The first kappa shape index (κ1) is 15.7. The van der Waals surface area contributed by atoms with Crippen molar-refractivity contribution < 1.29 is 18.0 Å². The van der Waals surface area contributed by atoms with Gasteiger partial charge in [0.1, 0.15) is 0 Å². The Morgan fingerprint density at radius 2 is 1.94 bits per heavy atom. The second-order valence-corrected chi connectivity index (χ2v) is 4.33. The summed E-state index contributed by atoms with van der Waals surface area (Å²) < 4.78 is 35.8. The molecule has 0 heterocycles. The summed E-state index contributed by atoms with van der Waals surface area (Å²) >= 11 is 3.18. The van der Waals surface area contributed by atoms with Gasteiger partial charge in [0.2, 0.25) is 5.91 Å². The number of carbonyl (C=O) groups excluding carboxylic acids is 1. The van der Waals surface area contributed by atoms with Crippen LogP contribution in [0.15, 0.2) is 0 Å². The average molecular weight is 304 g/mol. The van der Waals surface area contributed by atoms with Crippen LogP contribution in [0.25, 0.3) is 0 Å². The summed E-state index contributed by atoms with van der Waals surface area (Å²) in [5, 5.41) is 0.592. The van der Waals surface area contributed by atoms with Crippen molar-refractivity contribution in [3.63, 3.8) is 0 Å². The third-order valence-electron chi connectivity index (χ3n) is 2.11. The van der Waals surface area contributed by atoms with E-state index in [1.807, 2.05) is 6.92 Å². The topological polar surface area (TPSA) is 20.3 Å². The van der Waals surface area contributed by atoms with E-state index in [1.165, 1.54) is 4.90 Å². The Morgan fingerprint density at radius 3 is 2.38 bits per heavy atom. The normalized spacial score (nSPS) is 11.6. The van der Waals surface area contributed by atoms with E-state index in [9.17, 15) is 18.0 Å². The van der Waals surface area contributed by atoms with Crippen molar-refractivity contribution in [1.29, 1.82) is 0 Å². The molecule has 0 aromatic rings. The molecule has 0 fully saturated rings. The van der Waals surface area contributed by atoms with Crippen molar-refractivity contribution in [1.82, 2.24) is 4.90 Å². The number of carbonyl (C=O) groups is 1. The first-order chi connectivity index (χ1) is 7.40. The van der Waals surface area contributed by atoms with Gasteiger partial charge in [0.15, 0.2) is 0 Å². The van der Waals surface area contributed by atoms with Crippen LogP contribution in [0.4, 0.5) is 13.2 Å². The molecule has 0 N–H and O–H groups in total. The summed E-state index contributed by atoms with van der Waals surface area (Å²) in [5.41, 5.74) is 0. The predicted molar refractivity (Wildman–Crippen MR) is 60.6 cm³/mol. The fraction of sp³-hybridized carbons (Fsp3) is 0.900. The molecular formula is C10H17BrF3NO. The summed E-state index contributed by atoms with van der Waals surface area (Å²) in [4.78, 5) is 13.0. The number of nitrogens with zero attached hydrogens (tertiary/aromatic N) is 1. The Kier molecular flexibility index (Phi) is 7.80. The Bertz CT molecular complexity index is 209. The first-order valence-corrected chi connectivity index (χ1v) is 6.43. The highest BCUT2D eigenvalue weighted by Gasteiger charge is 2.28. The van der Waals surface area contributed by atoms with Gasteiger partial charge in [0.25, 0.3) is 0 Å². The number of hydrogen-bond acceptors (Lipinski definition) is 1. The zero-order valence-electron chi connectivity index (χ0n) is 9.32. The van der Waals surface area contributed by atoms with Crippen molar-refractivity contribution in [2.24, 2.45) is 0 Å². The molecule has 0 atom stereocenters. The van der Waals surface area contributed by atoms with Crippen molar-refractivity contribution >= 4 is 21.8 Å². The standard InChI is InChI=1S/C10H17BrF3NO/c1-2-3-7-15(8-6-11)9(16)4-5-10(12,13)14/h2-8H2,1H3. The highest BCUT2D eigenvalue weighted by Crippen LogP contribution is 2.21. The molecular weight excluding hydrogens is 287 g/mol. The monoisotopic (exact) mass is 303 g/mol. The molecule has 0 aromatic carbocycles. The Labute approximate surface area is 102 Å². The first-order valence-electron chi connectivity index (χ1n) is 5.31. The number of unbranched alkanes of at least 4 members (excludes halogenated alkanes) is 1. The summed E-state index contributed by atoms with van der Waals surface area (Å²) in [6.07, 6.45) is -3.98. The van der Waals surface area contributed by atoms with Gasteiger partial charge in [-0.15, -0.1) is 0 Å². The summed E-state index contributed by atoms with van der Waals surface area (Å²) in [6, 6.07) is 0. The molecule has 0 unspecified atom stereocenters. The molecule has 0 saturated heterocycles. The molecule has 2 nitrogen and oxygen atoms in total. The molecule has 0 aliphatic carbocycles. The molecule has 6 heteroatoms. The SMILES string of the molecule is CCCCN(CCBr)C(=O)CCC(F)(F)F. The van der Waals surface area contributed by atoms with E-state index in [1.54, 1.807) is 0 Å². The average Bonchev–Trinajstić information content (AvgIpc) is 2.19. The van der Waals surface area contributed by atoms with E-state index in [-0.39, 0.29) is 0 Å². The minimum absolute atomic E-state index is 0.412. The maximum absolute atomic E-state index is 11.9. The highest BCUT2D eigenvalue weighted by molar-refractivity contribution is 9.09. The van der Waals surface area contributed by atoms with Crippen molar-refractivity contribution in [2.75, 3.05) is 18.4 Å². The number of halogens is 4. The van der Waals surface area contributed by atoms with Gasteiger partial charge in [-0.2, -0.15) is 13.2 Å². The van der Waals surface area contributed by atoms with Gasteiger partial charge in [-0.3, -0.25) is 4.79 Å². The second kappa shape index (κ2) is 7.92. The lowest BCUT2D eigenvalue weighted by molar-refractivity contribution is -0.149. The van der Waals surface area contributed by atoms with Gasteiger partial charge < -0.3 is 4.90 Å². The number of alkyl halides is 4. The van der Waals surface area contributed by atoms with Crippen molar-refractivity contribution in [3.05, 3.63) is 0 Å². The number of amides is 1. The Hall–Kier alpha value is -0.260. The van der Waals surface area contributed by atoms with Crippen molar-refractivity contribution in [3.8, 4) is 0 Å². The minimum Gasteiger partial charge on any atom is -0.342 e. The van der Waals surface area contributed by atoms with Crippen LogP contribution in [0, 0.1) is 0 Å². The van der Waals surface area contributed by atoms with E-state index < -0.39 is 24.9 Å². The predicted octanol–water partition coefficient (Wildman–Crippen LogP) is 3.35. The van der Waals surface area contributed by atoms with E-state index in [4.69, 9.17) is 0 Å². The summed E-state index contributed by atoms with van der Waals surface area (Å²) in [6.45, 7) is 2.99. The van der Waals surface area contributed by atoms with Crippen LogP contribution in [0.5, 0.6) is 0 Å². The zero-order valence-corrected chi connectivity index (χ0v) is 10.9. The third kappa shape index (κ3) is 7.96. The molecule has 96 valence electrons. The summed E-state index contributed by atoms with van der Waals surface area (Å²) in [5.74, 6) is -0.412. The molecule has 1 amide bonds. The largest absolute Gasteiger partial charge is 0.389 e. The van der Waals surface area contributed by atoms with Crippen molar-refractivity contribution in [2.45, 2.75) is 38.8 Å². The fourth-order valence-corrected chi connectivity index (χ4v) is 1.65. The Morgan fingerprint density at radius 1 is 1.31 bits per heavy atom. The van der Waals surface area contributed by atoms with Gasteiger partial charge in [-0.25, -0.2) is 0 Å². The molecule has 0 spiro atoms. The molecule has 0 rings (SSSR count). The number of hydrogen-bond donors (Lipinski definition) is 0. The van der Waals surface area contributed by atoms with Crippen LogP contribution >= 0.6 is 15.9 Å². The molecule has 0 bridgehead atoms. The molecule has 0 radical (unpaired) electrons. The quantitative estimate of drug-likeness (QED) is 0.661. The molecule has 0 aliphatic heterocycles. The van der Waals surface area contributed by atoms with Crippen LogP contribution in [-0.2, 0) is 4.79 Å². The van der Waals surface area contributed by atoms with Crippen LogP contribution in [0.3, 0.4) is 0 Å². The molecule has 0 saturated carbocycles. The molecule has 0 aromatic heterocycles. The molecule has 16 heavy (non-hydrogen) atoms. The second-order valence-electron chi connectivity index (χ2n) is 3.54. The van der Waals surface area contributed by atoms with Gasteiger partial charge in [-0.05, 0) is 6.42 Å². The van der Waals surface area contributed by atoms with E-state index >= 15 is 0 Å². The highest BCUT2D eigenvalue weighted by atomic mass is 79.9. The number of rotatable bonds is 7. The summed E-state index contributed by atoms with van der Waals surface area (Å²) in [7, 11) is 0. The lowest BCUT2D eigenvalue weighted by Gasteiger charge is -2.21. The van der Waals surface area contributed by atoms with Crippen LogP contribution in [0.2, 0.25) is 0 Å². The van der Waals surface area contributed by atoms with E-state index in [0.717, 1.165) is 12.8 Å². The van der Waals surface area contributed by atoms with Gasteiger partial charge in [0.05, 0.1) is 6.42 Å². The third-order valence-corrected chi connectivity index (χ3v) is 2.47. The smallest absolute Gasteiger partial charge is 0.342 e. The molecule has 0 aliphatic rings. The van der Waals surface area contributed by atoms with Gasteiger partial charge >= 0.3 is 6.18 Å². The lowest BCUT2D eigenvalue weighted by Crippen LogP contribution is -2.34. The zero-order chi connectivity index (χ0) is 12.6.